The van der Waals surface area contributed by atoms with Crippen molar-refractivity contribution < 1.29 is 4.92 Å². The molecule has 2 rings (SSSR count). The SMILES string of the molecule is CCN(Cc1cccc([N+](=O)[O-])c1C)C1CCCC1CN. The molecule has 2 N–H and O–H groups in total. The van der Waals surface area contributed by atoms with Crippen LogP contribution in [0.3, 0.4) is 0 Å². The van der Waals surface area contributed by atoms with Crippen molar-refractivity contribution in [2.24, 2.45) is 11.7 Å². The van der Waals surface area contributed by atoms with Crippen molar-refractivity contribution in [2.75, 3.05) is 13.1 Å². The molecule has 0 saturated heterocycles. The first kappa shape index (κ1) is 15.9. The molecule has 1 saturated carbocycles. The lowest BCUT2D eigenvalue weighted by Gasteiger charge is -2.32. The smallest absolute Gasteiger partial charge is 0.272 e. The van der Waals surface area contributed by atoms with Crippen molar-refractivity contribution in [3.8, 4) is 0 Å². The second kappa shape index (κ2) is 7.00. The third-order valence-electron chi connectivity index (χ3n) is 4.78. The van der Waals surface area contributed by atoms with Crippen LogP contribution in [-0.2, 0) is 6.54 Å². The highest BCUT2D eigenvalue weighted by molar-refractivity contribution is 5.44. The maximum absolute atomic E-state index is 11.1. The molecule has 0 heterocycles. The maximum atomic E-state index is 11.1. The van der Waals surface area contributed by atoms with Gasteiger partial charge >= 0.3 is 0 Å². The number of nitro groups is 1. The summed E-state index contributed by atoms with van der Waals surface area (Å²) in [5.74, 6) is 0.559. The Bertz CT molecular complexity index is 504. The second-order valence-electron chi connectivity index (χ2n) is 5.88. The molecule has 0 spiro atoms. The Hall–Kier alpha value is -1.46. The van der Waals surface area contributed by atoms with E-state index >= 15 is 0 Å². The van der Waals surface area contributed by atoms with E-state index < -0.39 is 0 Å². The number of benzene rings is 1. The van der Waals surface area contributed by atoms with Gasteiger partial charge in [-0.25, -0.2) is 0 Å². The second-order valence-corrected chi connectivity index (χ2v) is 5.88. The summed E-state index contributed by atoms with van der Waals surface area (Å²) in [5, 5.41) is 11.1. The fourth-order valence-corrected chi connectivity index (χ4v) is 3.49. The Morgan fingerprint density at radius 3 is 2.81 bits per heavy atom. The number of nitrogens with zero attached hydrogens (tertiary/aromatic N) is 2. The molecule has 1 aromatic carbocycles. The van der Waals surface area contributed by atoms with Gasteiger partial charge in [-0.3, -0.25) is 15.0 Å². The molecule has 5 heteroatoms. The molecule has 1 aliphatic rings. The van der Waals surface area contributed by atoms with Crippen LogP contribution in [0.25, 0.3) is 0 Å². The van der Waals surface area contributed by atoms with E-state index in [0.717, 1.165) is 30.8 Å². The van der Waals surface area contributed by atoms with Crippen molar-refractivity contribution in [2.45, 2.75) is 45.7 Å². The molecule has 116 valence electrons. The third kappa shape index (κ3) is 3.41. The van der Waals surface area contributed by atoms with Crippen LogP contribution in [0, 0.1) is 23.0 Å². The van der Waals surface area contributed by atoms with Gasteiger partial charge in [0, 0.05) is 24.2 Å². The molecule has 1 fully saturated rings. The fourth-order valence-electron chi connectivity index (χ4n) is 3.49. The summed E-state index contributed by atoms with van der Waals surface area (Å²) >= 11 is 0. The molecule has 0 radical (unpaired) electrons. The monoisotopic (exact) mass is 291 g/mol. The minimum Gasteiger partial charge on any atom is -0.330 e. The minimum atomic E-state index is -0.298. The summed E-state index contributed by atoms with van der Waals surface area (Å²) in [7, 11) is 0. The topological polar surface area (TPSA) is 72.4 Å². The number of rotatable bonds is 6. The van der Waals surface area contributed by atoms with Gasteiger partial charge in [-0.15, -0.1) is 0 Å². The zero-order valence-corrected chi connectivity index (χ0v) is 12.9. The van der Waals surface area contributed by atoms with Gasteiger partial charge < -0.3 is 5.73 Å². The molecule has 0 amide bonds. The van der Waals surface area contributed by atoms with E-state index in [1.54, 1.807) is 12.1 Å². The van der Waals surface area contributed by atoms with Crippen LogP contribution in [0.15, 0.2) is 18.2 Å². The minimum absolute atomic E-state index is 0.213. The summed E-state index contributed by atoms with van der Waals surface area (Å²) < 4.78 is 0. The summed E-state index contributed by atoms with van der Waals surface area (Å²) in [4.78, 5) is 13.2. The van der Waals surface area contributed by atoms with Gasteiger partial charge in [0.15, 0.2) is 0 Å². The van der Waals surface area contributed by atoms with Crippen LogP contribution < -0.4 is 5.73 Å². The van der Waals surface area contributed by atoms with Crippen LogP contribution in [0.4, 0.5) is 5.69 Å². The molecular formula is C16H25N3O2. The lowest BCUT2D eigenvalue weighted by molar-refractivity contribution is -0.385. The summed E-state index contributed by atoms with van der Waals surface area (Å²) in [5.41, 5.74) is 7.93. The number of hydrogen-bond donors (Lipinski definition) is 1. The van der Waals surface area contributed by atoms with Gasteiger partial charge in [-0.1, -0.05) is 25.5 Å². The predicted octanol–water partition coefficient (Wildman–Crippen LogP) is 2.85. The third-order valence-corrected chi connectivity index (χ3v) is 4.78. The number of nitrogens with two attached hydrogens (primary N) is 1. The Morgan fingerprint density at radius 2 is 2.19 bits per heavy atom. The molecule has 2 atom stereocenters. The van der Waals surface area contributed by atoms with Gasteiger partial charge in [0.25, 0.3) is 5.69 Å². The number of hydrogen-bond acceptors (Lipinski definition) is 4. The van der Waals surface area contributed by atoms with Crippen molar-refractivity contribution in [3.05, 3.63) is 39.4 Å². The maximum Gasteiger partial charge on any atom is 0.272 e. The summed E-state index contributed by atoms with van der Waals surface area (Å²) in [6.45, 7) is 6.44. The molecule has 1 aliphatic carbocycles. The summed E-state index contributed by atoms with van der Waals surface area (Å²) in [6, 6.07) is 5.87. The number of nitro benzene ring substituents is 1. The van der Waals surface area contributed by atoms with Crippen LogP contribution in [0.5, 0.6) is 0 Å². The van der Waals surface area contributed by atoms with Crippen LogP contribution in [0.1, 0.15) is 37.3 Å². The molecule has 5 nitrogen and oxygen atoms in total. The first-order valence-corrected chi connectivity index (χ1v) is 7.75. The highest BCUT2D eigenvalue weighted by Gasteiger charge is 2.30. The van der Waals surface area contributed by atoms with E-state index in [4.69, 9.17) is 5.73 Å². The molecule has 1 aromatic rings. The van der Waals surface area contributed by atoms with Gasteiger partial charge in [-0.05, 0) is 44.3 Å². The van der Waals surface area contributed by atoms with Gasteiger partial charge in [0.1, 0.15) is 0 Å². The lowest BCUT2D eigenvalue weighted by Crippen LogP contribution is -2.39. The van der Waals surface area contributed by atoms with E-state index in [9.17, 15) is 10.1 Å². The van der Waals surface area contributed by atoms with E-state index in [-0.39, 0.29) is 10.6 Å². The molecule has 2 unspecified atom stereocenters. The Morgan fingerprint density at radius 1 is 1.43 bits per heavy atom. The predicted molar refractivity (Wildman–Crippen MR) is 84.1 cm³/mol. The zero-order valence-electron chi connectivity index (χ0n) is 12.9. The first-order valence-electron chi connectivity index (χ1n) is 7.75. The van der Waals surface area contributed by atoms with Crippen LogP contribution in [0.2, 0.25) is 0 Å². The highest BCUT2D eigenvalue weighted by Crippen LogP contribution is 2.31. The van der Waals surface area contributed by atoms with E-state index in [1.165, 1.54) is 19.3 Å². The normalized spacial score (nSPS) is 21.9. The van der Waals surface area contributed by atoms with Crippen molar-refractivity contribution in [3.63, 3.8) is 0 Å². The molecule has 0 bridgehead atoms. The average Bonchev–Trinajstić information content (AvgIpc) is 2.94. The van der Waals surface area contributed by atoms with Gasteiger partial charge in [0.2, 0.25) is 0 Å². The fraction of sp³-hybridized carbons (Fsp3) is 0.625. The van der Waals surface area contributed by atoms with Crippen molar-refractivity contribution in [1.82, 2.24) is 4.90 Å². The zero-order chi connectivity index (χ0) is 15.4. The Kier molecular flexibility index (Phi) is 5.31. The Labute approximate surface area is 126 Å². The quantitative estimate of drug-likeness (QED) is 0.646. The molecule has 0 aliphatic heterocycles. The highest BCUT2D eigenvalue weighted by atomic mass is 16.6. The van der Waals surface area contributed by atoms with Crippen LogP contribution >= 0.6 is 0 Å². The molecule has 21 heavy (non-hydrogen) atoms. The van der Waals surface area contributed by atoms with Crippen molar-refractivity contribution in [1.29, 1.82) is 0 Å². The van der Waals surface area contributed by atoms with E-state index in [1.807, 2.05) is 13.0 Å². The molecule has 0 aromatic heterocycles. The Balaban J connectivity index is 2.19. The summed E-state index contributed by atoms with van der Waals surface area (Å²) in [6.07, 6.45) is 3.62. The largest absolute Gasteiger partial charge is 0.330 e. The van der Waals surface area contributed by atoms with Gasteiger partial charge in [0.05, 0.1) is 4.92 Å². The van der Waals surface area contributed by atoms with Crippen molar-refractivity contribution >= 4 is 5.69 Å². The molecular weight excluding hydrogens is 266 g/mol. The lowest BCUT2D eigenvalue weighted by atomic mass is 10.00. The van der Waals surface area contributed by atoms with E-state index in [0.29, 0.717) is 12.0 Å². The van der Waals surface area contributed by atoms with E-state index in [2.05, 4.69) is 11.8 Å². The van der Waals surface area contributed by atoms with Gasteiger partial charge in [-0.2, -0.15) is 0 Å². The standard InChI is InChI=1S/C16H25N3O2/c1-3-18(16-9-4-6-13(16)10-17)11-14-7-5-8-15(12(14)2)19(20)21/h5,7-8,13,16H,3-4,6,9-11,17H2,1-2H3. The first-order chi connectivity index (χ1) is 10.1. The van der Waals surface area contributed by atoms with Crippen LogP contribution in [-0.4, -0.2) is 29.0 Å². The average molecular weight is 291 g/mol.